The predicted octanol–water partition coefficient (Wildman–Crippen LogP) is 4.91. The van der Waals surface area contributed by atoms with Gasteiger partial charge in [-0.15, -0.1) is 0 Å². The molecule has 0 spiro atoms. The van der Waals surface area contributed by atoms with Crippen molar-refractivity contribution in [3.63, 3.8) is 0 Å². The predicted molar refractivity (Wildman–Crippen MR) is 125 cm³/mol. The fourth-order valence-electron chi connectivity index (χ4n) is 4.01. The minimum atomic E-state index is -1.05. The first kappa shape index (κ1) is 21.2. The quantitative estimate of drug-likeness (QED) is 0.367. The lowest BCUT2D eigenvalue weighted by atomic mass is 9.98. The number of hydrogen-bond acceptors (Lipinski definition) is 4. The molecule has 4 N–H and O–H groups in total. The van der Waals surface area contributed by atoms with Gasteiger partial charge in [-0.25, -0.2) is 9.59 Å². The molecule has 0 atom stereocenters. The van der Waals surface area contributed by atoms with E-state index in [1.54, 1.807) is 12.1 Å². The average Bonchev–Trinajstić information content (AvgIpc) is 3.11. The van der Waals surface area contributed by atoms with E-state index < -0.39 is 12.1 Å². The van der Waals surface area contributed by atoms with Crippen LogP contribution in [0.3, 0.4) is 0 Å². The number of fused-ring (bicyclic) bond motifs is 3. The van der Waals surface area contributed by atoms with E-state index in [2.05, 4.69) is 29.6 Å². The van der Waals surface area contributed by atoms with Crippen molar-refractivity contribution in [2.75, 3.05) is 18.9 Å². The summed E-state index contributed by atoms with van der Waals surface area (Å²) in [5, 5.41) is 11.8. The van der Waals surface area contributed by atoms with Crippen LogP contribution in [0.25, 0.3) is 17.2 Å². The number of carbonyl (C=O) groups is 2. The van der Waals surface area contributed by atoms with Crippen LogP contribution in [0.1, 0.15) is 39.4 Å². The lowest BCUT2D eigenvalue weighted by molar-refractivity contribution is 0.0698. The van der Waals surface area contributed by atoms with E-state index in [1.807, 2.05) is 36.4 Å². The number of nitrogens with two attached hydrogens (primary N) is 1. The number of alkyl carbamates (subject to hydrolysis) is 1. The second-order valence-corrected chi connectivity index (χ2v) is 7.60. The van der Waals surface area contributed by atoms with Crippen LogP contribution in [0.5, 0.6) is 0 Å². The topological polar surface area (TPSA) is 102 Å². The summed E-state index contributed by atoms with van der Waals surface area (Å²) < 4.78 is 5.51. The van der Waals surface area contributed by atoms with Gasteiger partial charge in [0.1, 0.15) is 6.61 Å². The molecule has 0 saturated heterocycles. The molecule has 32 heavy (non-hydrogen) atoms. The number of nitrogen functional groups attached to an aromatic ring is 1. The molecule has 1 aliphatic rings. The van der Waals surface area contributed by atoms with Crippen LogP contribution in [0.4, 0.5) is 10.5 Å². The van der Waals surface area contributed by atoms with Gasteiger partial charge >= 0.3 is 12.1 Å². The van der Waals surface area contributed by atoms with Crippen LogP contribution >= 0.6 is 0 Å². The number of hydrogen-bond donors (Lipinski definition) is 3. The average molecular weight is 428 g/mol. The van der Waals surface area contributed by atoms with Gasteiger partial charge in [0, 0.05) is 18.2 Å². The molecule has 1 amide bonds. The number of anilines is 1. The Morgan fingerprint density at radius 3 is 2.28 bits per heavy atom. The highest BCUT2D eigenvalue weighted by atomic mass is 16.5. The summed E-state index contributed by atoms with van der Waals surface area (Å²) in [5.74, 6) is -1.02. The zero-order chi connectivity index (χ0) is 22.5. The molecule has 3 aromatic carbocycles. The highest BCUT2D eigenvalue weighted by molar-refractivity contribution is 5.94. The molecular weight excluding hydrogens is 404 g/mol. The number of nitrogens with one attached hydrogen (secondary N) is 1. The highest BCUT2D eigenvalue weighted by Crippen LogP contribution is 2.44. The van der Waals surface area contributed by atoms with Gasteiger partial charge < -0.3 is 20.9 Å². The zero-order valence-electron chi connectivity index (χ0n) is 17.5. The summed E-state index contributed by atoms with van der Waals surface area (Å²) in [7, 11) is 0. The van der Waals surface area contributed by atoms with E-state index in [0.717, 1.165) is 5.56 Å². The second-order valence-electron chi connectivity index (χ2n) is 7.60. The normalized spacial score (nSPS) is 12.4. The molecule has 0 fully saturated rings. The van der Waals surface area contributed by atoms with Crippen molar-refractivity contribution >= 4 is 23.8 Å². The second kappa shape index (κ2) is 9.39. The summed E-state index contributed by atoms with van der Waals surface area (Å²) in [5.41, 5.74) is 11.6. The van der Waals surface area contributed by atoms with Crippen LogP contribution in [0.15, 0.2) is 72.8 Å². The van der Waals surface area contributed by atoms with E-state index in [-0.39, 0.29) is 23.8 Å². The Morgan fingerprint density at radius 1 is 1.00 bits per heavy atom. The first-order chi connectivity index (χ1) is 15.5. The molecule has 6 nitrogen and oxygen atoms in total. The van der Waals surface area contributed by atoms with Crippen LogP contribution in [-0.2, 0) is 4.74 Å². The lowest BCUT2D eigenvalue weighted by Gasteiger charge is -2.14. The smallest absolute Gasteiger partial charge is 0.407 e. The molecule has 0 saturated carbocycles. The number of carboxylic acids is 1. The van der Waals surface area contributed by atoms with Gasteiger partial charge in [0.25, 0.3) is 0 Å². The van der Waals surface area contributed by atoms with Crippen LogP contribution < -0.4 is 11.1 Å². The molecule has 0 aromatic heterocycles. The molecule has 4 rings (SSSR count). The molecule has 0 bridgehead atoms. The summed E-state index contributed by atoms with van der Waals surface area (Å²) in [4.78, 5) is 23.2. The Morgan fingerprint density at radius 2 is 1.66 bits per heavy atom. The SMILES string of the molecule is Nc1cc(C=CCCNC(=O)OCC2c3ccccc3-c3ccccc32)ccc1C(=O)O. The van der Waals surface area contributed by atoms with Crippen molar-refractivity contribution < 1.29 is 19.4 Å². The third-order valence-corrected chi connectivity index (χ3v) is 5.54. The molecule has 3 aromatic rings. The Hall–Kier alpha value is -4.06. The maximum atomic E-state index is 12.2. The molecule has 0 unspecified atom stereocenters. The molecular formula is C26H24N2O4. The fourth-order valence-corrected chi connectivity index (χ4v) is 4.01. The molecule has 0 heterocycles. The summed E-state index contributed by atoms with van der Waals surface area (Å²) in [6.45, 7) is 0.709. The lowest BCUT2D eigenvalue weighted by Crippen LogP contribution is -2.26. The van der Waals surface area contributed by atoms with Gasteiger partial charge in [0.15, 0.2) is 0 Å². The molecule has 0 aliphatic heterocycles. The fraction of sp³-hybridized carbons (Fsp3) is 0.154. The Kier molecular flexibility index (Phi) is 6.22. The van der Waals surface area contributed by atoms with Gasteiger partial charge in [-0.1, -0.05) is 66.7 Å². The Bertz CT molecular complexity index is 1140. The van der Waals surface area contributed by atoms with E-state index >= 15 is 0 Å². The number of amides is 1. The van der Waals surface area contributed by atoms with Crippen LogP contribution in [0, 0.1) is 0 Å². The molecule has 162 valence electrons. The van der Waals surface area contributed by atoms with Gasteiger partial charge in [0.2, 0.25) is 0 Å². The largest absolute Gasteiger partial charge is 0.478 e. The third-order valence-electron chi connectivity index (χ3n) is 5.54. The monoisotopic (exact) mass is 428 g/mol. The Labute approximate surface area is 186 Å². The first-order valence-electron chi connectivity index (χ1n) is 10.4. The first-order valence-corrected chi connectivity index (χ1v) is 10.4. The summed E-state index contributed by atoms with van der Waals surface area (Å²) in [6, 6.07) is 21.2. The summed E-state index contributed by atoms with van der Waals surface area (Å²) >= 11 is 0. The zero-order valence-corrected chi connectivity index (χ0v) is 17.5. The standard InChI is InChI=1S/C26H24N2O4/c27-24-15-17(12-13-22(24)25(29)30)7-5-6-14-28-26(31)32-16-23-20-10-3-1-8-18(20)19-9-2-4-11-21(19)23/h1-5,7-13,15,23H,6,14,16,27H2,(H,28,31)(H,29,30). The van der Waals surface area contributed by atoms with Gasteiger partial charge in [-0.3, -0.25) is 0 Å². The maximum absolute atomic E-state index is 12.2. The van der Waals surface area contributed by atoms with Gasteiger partial charge in [0.05, 0.1) is 5.56 Å². The number of aromatic carboxylic acids is 1. The number of benzene rings is 3. The van der Waals surface area contributed by atoms with E-state index in [9.17, 15) is 9.59 Å². The van der Waals surface area contributed by atoms with Crippen molar-refractivity contribution in [1.82, 2.24) is 5.32 Å². The maximum Gasteiger partial charge on any atom is 0.407 e. The highest BCUT2D eigenvalue weighted by Gasteiger charge is 2.28. The Balaban J connectivity index is 1.26. The van der Waals surface area contributed by atoms with Crippen molar-refractivity contribution in [2.45, 2.75) is 12.3 Å². The molecule has 6 heteroatoms. The van der Waals surface area contributed by atoms with Gasteiger partial charge in [-0.2, -0.15) is 0 Å². The number of carboxylic acid groups (broad SMARTS) is 1. The molecule has 1 aliphatic carbocycles. The number of carbonyl (C=O) groups excluding carboxylic acids is 1. The van der Waals surface area contributed by atoms with Crippen molar-refractivity contribution in [3.8, 4) is 11.1 Å². The van der Waals surface area contributed by atoms with Crippen LogP contribution in [0.2, 0.25) is 0 Å². The van der Waals surface area contributed by atoms with E-state index in [1.165, 1.54) is 28.3 Å². The minimum absolute atomic E-state index is 0.0345. The van der Waals surface area contributed by atoms with Crippen molar-refractivity contribution in [1.29, 1.82) is 0 Å². The van der Waals surface area contributed by atoms with Crippen LogP contribution in [-0.4, -0.2) is 30.3 Å². The van der Waals surface area contributed by atoms with Crippen molar-refractivity contribution in [2.24, 2.45) is 0 Å². The van der Waals surface area contributed by atoms with Gasteiger partial charge in [-0.05, 0) is 46.4 Å². The number of ether oxygens (including phenoxy) is 1. The number of rotatable bonds is 7. The molecule has 0 radical (unpaired) electrons. The minimum Gasteiger partial charge on any atom is -0.478 e. The summed E-state index contributed by atoms with van der Waals surface area (Å²) in [6.07, 6.45) is 3.88. The van der Waals surface area contributed by atoms with E-state index in [0.29, 0.717) is 13.0 Å². The van der Waals surface area contributed by atoms with E-state index in [4.69, 9.17) is 15.6 Å². The third kappa shape index (κ3) is 4.49. The van der Waals surface area contributed by atoms with Crippen molar-refractivity contribution in [3.05, 3.63) is 95.1 Å².